The van der Waals surface area contributed by atoms with Crippen molar-refractivity contribution < 1.29 is 4.74 Å². The first-order valence-electron chi connectivity index (χ1n) is 5.29. The van der Waals surface area contributed by atoms with Gasteiger partial charge in [-0.15, -0.1) is 0 Å². The van der Waals surface area contributed by atoms with E-state index >= 15 is 0 Å². The second kappa shape index (κ2) is 5.99. The van der Waals surface area contributed by atoms with Gasteiger partial charge in [-0.1, -0.05) is 18.5 Å². The highest BCUT2D eigenvalue weighted by atomic mass is 35.5. The molecule has 1 aromatic carbocycles. The van der Waals surface area contributed by atoms with E-state index in [9.17, 15) is 0 Å². The molecule has 2 atom stereocenters. The first kappa shape index (κ1) is 12.3. The molecule has 0 heterocycles. The Morgan fingerprint density at radius 1 is 1.27 bits per heavy atom. The molecule has 0 aromatic heterocycles. The Balaban J connectivity index is 2.50. The molecule has 1 N–H and O–H groups in total. The monoisotopic (exact) mass is 227 g/mol. The predicted octanol–water partition coefficient (Wildman–Crippen LogP) is 3.11. The number of hydrogen-bond acceptors (Lipinski definition) is 2. The average Bonchev–Trinajstić information content (AvgIpc) is 2.22. The van der Waals surface area contributed by atoms with Crippen LogP contribution in [0, 0.1) is 0 Å². The lowest BCUT2D eigenvalue weighted by atomic mass is 10.2. The van der Waals surface area contributed by atoms with Gasteiger partial charge in [-0.05, 0) is 44.7 Å². The van der Waals surface area contributed by atoms with E-state index in [1.807, 2.05) is 24.3 Å². The first-order chi connectivity index (χ1) is 7.13. The predicted molar refractivity (Wildman–Crippen MR) is 64.7 cm³/mol. The van der Waals surface area contributed by atoms with Crippen LogP contribution in [0.4, 0.5) is 0 Å². The normalized spacial score (nSPS) is 14.7. The van der Waals surface area contributed by atoms with Gasteiger partial charge < -0.3 is 10.1 Å². The lowest BCUT2D eigenvalue weighted by molar-refractivity contribution is 0.179. The van der Waals surface area contributed by atoms with Gasteiger partial charge in [0.05, 0.1) is 0 Å². The summed E-state index contributed by atoms with van der Waals surface area (Å²) < 4.78 is 5.76. The summed E-state index contributed by atoms with van der Waals surface area (Å²) in [6.45, 7) is 7.22. The maximum atomic E-state index is 5.79. The van der Waals surface area contributed by atoms with Crippen LogP contribution in [0.3, 0.4) is 0 Å². The highest BCUT2D eigenvalue weighted by Gasteiger charge is 2.11. The van der Waals surface area contributed by atoms with E-state index in [-0.39, 0.29) is 6.10 Å². The molecular weight excluding hydrogens is 210 g/mol. The van der Waals surface area contributed by atoms with E-state index in [2.05, 4.69) is 26.1 Å². The van der Waals surface area contributed by atoms with Crippen molar-refractivity contribution in [2.24, 2.45) is 0 Å². The maximum absolute atomic E-state index is 5.79. The largest absolute Gasteiger partial charge is 0.489 e. The van der Waals surface area contributed by atoms with Crippen LogP contribution in [0.15, 0.2) is 24.3 Å². The number of halogens is 1. The summed E-state index contributed by atoms with van der Waals surface area (Å²) in [5, 5.41) is 4.06. The molecule has 0 amide bonds. The van der Waals surface area contributed by atoms with Gasteiger partial charge in [-0.2, -0.15) is 0 Å². The highest BCUT2D eigenvalue weighted by molar-refractivity contribution is 6.30. The number of nitrogens with one attached hydrogen (secondary N) is 1. The van der Waals surface area contributed by atoms with Gasteiger partial charge in [0.15, 0.2) is 0 Å². The van der Waals surface area contributed by atoms with Crippen molar-refractivity contribution in [2.75, 3.05) is 6.54 Å². The first-order valence-corrected chi connectivity index (χ1v) is 5.67. The third-order valence-corrected chi connectivity index (χ3v) is 2.62. The second-order valence-electron chi connectivity index (χ2n) is 3.62. The fourth-order valence-electron chi connectivity index (χ4n) is 1.32. The minimum Gasteiger partial charge on any atom is -0.489 e. The molecule has 3 heteroatoms. The summed E-state index contributed by atoms with van der Waals surface area (Å²) in [5.41, 5.74) is 0. The summed E-state index contributed by atoms with van der Waals surface area (Å²) in [7, 11) is 0. The molecule has 0 radical (unpaired) electrons. The Labute approximate surface area is 96.6 Å². The van der Waals surface area contributed by atoms with Crippen LogP contribution in [-0.2, 0) is 0 Å². The fourth-order valence-corrected chi connectivity index (χ4v) is 1.44. The molecule has 0 saturated carbocycles. The lowest BCUT2D eigenvalue weighted by Gasteiger charge is -2.22. The van der Waals surface area contributed by atoms with Crippen LogP contribution in [0.1, 0.15) is 20.8 Å². The SMILES string of the molecule is CCNC(C)C(C)Oc1ccc(Cl)cc1. The Kier molecular flexibility index (Phi) is 4.92. The van der Waals surface area contributed by atoms with Crippen LogP contribution in [0.2, 0.25) is 5.02 Å². The molecule has 1 aromatic rings. The molecule has 0 aliphatic heterocycles. The van der Waals surface area contributed by atoms with Gasteiger partial charge in [0, 0.05) is 11.1 Å². The van der Waals surface area contributed by atoms with Crippen molar-refractivity contribution in [1.82, 2.24) is 5.32 Å². The minimum atomic E-state index is 0.145. The fraction of sp³-hybridized carbons (Fsp3) is 0.500. The quantitative estimate of drug-likeness (QED) is 0.835. The van der Waals surface area contributed by atoms with Gasteiger partial charge in [0.1, 0.15) is 11.9 Å². The van der Waals surface area contributed by atoms with E-state index in [1.54, 1.807) is 0 Å². The lowest BCUT2D eigenvalue weighted by Crippen LogP contribution is -2.38. The maximum Gasteiger partial charge on any atom is 0.119 e. The number of ether oxygens (including phenoxy) is 1. The summed E-state index contributed by atoms with van der Waals surface area (Å²) in [4.78, 5) is 0. The zero-order valence-electron chi connectivity index (χ0n) is 9.46. The van der Waals surface area contributed by atoms with Crippen molar-refractivity contribution in [3.8, 4) is 5.75 Å². The van der Waals surface area contributed by atoms with Crippen LogP contribution in [0.5, 0.6) is 5.75 Å². The van der Waals surface area contributed by atoms with Crippen molar-refractivity contribution >= 4 is 11.6 Å². The summed E-state index contributed by atoms with van der Waals surface area (Å²) >= 11 is 5.79. The Bertz CT molecular complexity index is 286. The zero-order valence-corrected chi connectivity index (χ0v) is 10.2. The number of rotatable bonds is 5. The van der Waals surface area contributed by atoms with E-state index in [1.165, 1.54) is 0 Å². The van der Waals surface area contributed by atoms with Gasteiger partial charge in [-0.25, -0.2) is 0 Å². The van der Waals surface area contributed by atoms with Gasteiger partial charge >= 0.3 is 0 Å². The molecule has 84 valence electrons. The standard InChI is InChI=1S/C12H18ClNO/c1-4-14-9(2)10(3)15-12-7-5-11(13)6-8-12/h5-10,14H,4H2,1-3H3. The smallest absolute Gasteiger partial charge is 0.119 e. The Hall–Kier alpha value is -0.730. The van der Waals surface area contributed by atoms with Crippen molar-refractivity contribution in [3.05, 3.63) is 29.3 Å². The molecule has 2 unspecified atom stereocenters. The molecule has 0 aliphatic rings. The van der Waals surface area contributed by atoms with Crippen LogP contribution >= 0.6 is 11.6 Å². The van der Waals surface area contributed by atoms with E-state index < -0.39 is 0 Å². The Morgan fingerprint density at radius 3 is 2.40 bits per heavy atom. The van der Waals surface area contributed by atoms with Crippen molar-refractivity contribution in [1.29, 1.82) is 0 Å². The number of hydrogen-bond donors (Lipinski definition) is 1. The third-order valence-electron chi connectivity index (χ3n) is 2.37. The molecule has 0 aliphatic carbocycles. The third kappa shape index (κ3) is 4.10. The topological polar surface area (TPSA) is 21.3 Å². The number of benzene rings is 1. The van der Waals surface area contributed by atoms with Crippen LogP contribution < -0.4 is 10.1 Å². The minimum absolute atomic E-state index is 0.145. The molecule has 0 spiro atoms. The molecule has 0 fully saturated rings. The average molecular weight is 228 g/mol. The van der Waals surface area contributed by atoms with Crippen molar-refractivity contribution in [2.45, 2.75) is 32.9 Å². The van der Waals surface area contributed by atoms with E-state index in [0.717, 1.165) is 17.3 Å². The molecule has 0 bridgehead atoms. The molecule has 1 rings (SSSR count). The summed E-state index contributed by atoms with van der Waals surface area (Å²) in [6, 6.07) is 7.78. The Morgan fingerprint density at radius 2 is 1.87 bits per heavy atom. The van der Waals surface area contributed by atoms with Crippen LogP contribution in [-0.4, -0.2) is 18.7 Å². The number of likely N-dealkylation sites (N-methyl/N-ethyl adjacent to an activating group) is 1. The van der Waals surface area contributed by atoms with Gasteiger partial charge in [0.2, 0.25) is 0 Å². The zero-order chi connectivity index (χ0) is 11.3. The van der Waals surface area contributed by atoms with Crippen LogP contribution in [0.25, 0.3) is 0 Å². The van der Waals surface area contributed by atoms with Gasteiger partial charge in [0.25, 0.3) is 0 Å². The molecule has 0 saturated heterocycles. The van der Waals surface area contributed by atoms with E-state index in [0.29, 0.717) is 6.04 Å². The highest BCUT2D eigenvalue weighted by Crippen LogP contribution is 2.17. The summed E-state index contributed by atoms with van der Waals surface area (Å²) in [5.74, 6) is 0.858. The molecule has 2 nitrogen and oxygen atoms in total. The molecular formula is C12H18ClNO. The summed E-state index contributed by atoms with van der Waals surface area (Å²) in [6.07, 6.45) is 0.145. The van der Waals surface area contributed by atoms with Gasteiger partial charge in [-0.3, -0.25) is 0 Å². The van der Waals surface area contributed by atoms with E-state index in [4.69, 9.17) is 16.3 Å². The second-order valence-corrected chi connectivity index (χ2v) is 4.06. The molecule has 15 heavy (non-hydrogen) atoms. The van der Waals surface area contributed by atoms with Crippen molar-refractivity contribution in [3.63, 3.8) is 0 Å².